The van der Waals surface area contributed by atoms with Crippen molar-refractivity contribution < 1.29 is 28.4 Å². The molecule has 0 radical (unpaired) electrons. The smallest absolute Gasteiger partial charge is 0.448 e. The van der Waals surface area contributed by atoms with E-state index in [1.54, 1.807) is 45.2 Å². The van der Waals surface area contributed by atoms with E-state index >= 15 is 0 Å². The molecular weight excluding hydrogens is 430 g/mol. The number of primary amides is 1. The van der Waals surface area contributed by atoms with Crippen LogP contribution in [0.1, 0.15) is 26.5 Å². The zero-order chi connectivity index (χ0) is 24.4. The largest absolute Gasteiger partial charge is 0.514 e. The summed E-state index contributed by atoms with van der Waals surface area (Å²) in [7, 11) is 0. The number of non-ortho nitro benzene ring substituents is 1. The van der Waals surface area contributed by atoms with Gasteiger partial charge in [0.25, 0.3) is 5.69 Å². The van der Waals surface area contributed by atoms with E-state index in [4.69, 9.17) is 19.6 Å². The number of nitrogens with zero attached hydrogens (tertiary/aromatic N) is 2. The number of nitro groups is 1. The molecule has 1 aromatic carbocycles. The summed E-state index contributed by atoms with van der Waals surface area (Å²) in [5, 5.41) is 10.7. The second kappa shape index (κ2) is 11.4. The van der Waals surface area contributed by atoms with Crippen LogP contribution in [-0.2, 0) is 16.0 Å². The lowest BCUT2D eigenvalue weighted by Crippen LogP contribution is -2.45. The number of amides is 1. The van der Waals surface area contributed by atoms with Crippen LogP contribution in [0.5, 0.6) is 5.75 Å². The van der Waals surface area contributed by atoms with Crippen LogP contribution in [0, 0.1) is 15.5 Å². The van der Waals surface area contributed by atoms with Crippen molar-refractivity contribution >= 4 is 17.7 Å². The predicted octanol–water partition coefficient (Wildman–Crippen LogP) is 4.28. The fourth-order valence-corrected chi connectivity index (χ4v) is 2.76. The summed E-state index contributed by atoms with van der Waals surface area (Å²) in [5.41, 5.74) is 4.69. The summed E-state index contributed by atoms with van der Waals surface area (Å²) in [6, 6.07) is 4.92. The fraction of sp³-hybridized carbons (Fsp3) is 0.261. The molecule has 0 bridgehead atoms. The van der Waals surface area contributed by atoms with Crippen molar-refractivity contribution in [2.75, 3.05) is 0 Å². The summed E-state index contributed by atoms with van der Waals surface area (Å²) in [6.45, 7) is 4.80. The maximum Gasteiger partial charge on any atom is 0.514 e. The molecule has 1 atom stereocenters. The number of benzene rings is 1. The van der Waals surface area contributed by atoms with Crippen LogP contribution in [-0.4, -0.2) is 28.1 Å². The topological polar surface area (TPSA) is 148 Å². The molecule has 0 aliphatic carbocycles. The maximum atomic E-state index is 12.3. The van der Waals surface area contributed by atoms with E-state index in [0.29, 0.717) is 12.0 Å². The molecule has 0 aliphatic heterocycles. The van der Waals surface area contributed by atoms with Crippen molar-refractivity contribution in [2.24, 2.45) is 11.1 Å². The number of nitro benzene ring substituents is 1. The number of allylic oxidation sites excluding steroid dienone is 5. The lowest BCUT2D eigenvalue weighted by Gasteiger charge is -2.31. The van der Waals surface area contributed by atoms with E-state index in [9.17, 15) is 19.7 Å². The Morgan fingerprint density at radius 3 is 2.52 bits per heavy atom. The highest BCUT2D eigenvalue weighted by molar-refractivity contribution is 5.81. The van der Waals surface area contributed by atoms with E-state index in [0.717, 1.165) is 5.76 Å². The van der Waals surface area contributed by atoms with E-state index in [2.05, 4.69) is 4.98 Å². The fourth-order valence-electron chi connectivity index (χ4n) is 2.76. The molecule has 33 heavy (non-hydrogen) atoms. The highest BCUT2D eigenvalue weighted by atomic mass is 16.7. The van der Waals surface area contributed by atoms with Crippen molar-refractivity contribution in [3.05, 3.63) is 88.7 Å². The van der Waals surface area contributed by atoms with Gasteiger partial charge in [0.15, 0.2) is 6.39 Å². The molecule has 10 heteroatoms. The van der Waals surface area contributed by atoms with Crippen LogP contribution < -0.4 is 10.5 Å². The molecule has 174 valence electrons. The number of oxazole rings is 1. The van der Waals surface area contributed by atoms with Gasteiger partial charge in [0.1, 0.15) is 17.6 Å². The van der Waals surface area contributed by atoms with Crippen molar-refractivity contribution in [2.45, 2.75) is 33.3 Å². The van der Waals surface area contributed by atoms with Crippen molar-refractivity contribution in [1.82, 2.24) is 4.98 Å². The van der Waals surface area contributed by atoms with Gasteiger partial charge < -0.3 is 19.6 Å². The Balaban J connectivity index is 2.07. The van der Waals surface area contributed by atoms with Crippen LogP contribution in [0.25, 0.3) is 0 Å². The Morgan fingerprint density at radius 2 is 1.94 bits per heavy atom. The van der Waals surface area contributed by atoms with Crippen molar-refractivity contribution in [1.29, 1.82) is 0 Å². The zero-order valence-corrected chi connectivity index (χ0v) is 18.5. The number of nitrogens with two attached hydrogens (primary N) is 1. The number of hydrogen-bond acceptors (Lipinski definition) is 8. The van der Waals surface area contributed by atoms with Crippen LogP contribution >= 0.6 is 0 Å². The summed E-state index contributed by atoms with van der Waals surface area (Å²) in [5.74, 6) is 0.119. The molecule has 0 aliphatic rings. The summed E-state index contributed by atoms with van der Waals surface area (Å²) >= 11 is 0. The highest BCUT2D eigenvalue weighted by Gasteiger charge is 2.39. The second-order valence-electron chi connectivity index (χ2n) is 7.58. The maximum absolute atomic E-state index is 12.3. The molecule has 2 aromatic rings. The lowest BCUT2D eigenvalue weighted by molar-refractivity contribution is -0.384. The minimum absolute atomic E-state index is 0.0552. The number of ether oxygens (including phenoxy) is 2. The predicted molar refractivity (Wildman–Crippen MR) is 119 cm³/mol. The van der Waals surface area contributed by atoms with E-state index in [1.165, 1.54) is 30.7 Å². The third-order valence-electron chi connectivity index (χ3n) is 4.69. The molecule has 1 amide bonds. The first-order valence-corrected chi connectivity index (χ1v) is 9.91. The zero-order valence-electron chi connectivity index (χ0n) is 18.5. The van der Waals surface area contributed by atoms with Gasteiger partial charge in [-0.05, 0) is 38.5 Å². The van der Waals surface area contributed by atoms with Gasteiger partial charge in [-0.1, -0.05) is 30.4 Å². The van der Waals surface area contributed by atoms with Gasteiger partial charge in [0.05, 0.1) is 16.5 Å². The van der Waals surface area contributed by atoms with Crippen LogP contribution in [0.2, 0.25) is 0 Å². The molecular formula is C23H25N3O7. The Kier molecular flexibility index (Phi) is 8.67. The third-order valence-corrected chi connectivity index (χ3v) is 4.69. The van der Waals surface area contributed by atoms with Gasteiger partial charge in [-0.3, -0.25) is 14.9 Å². The molecule has 0 unspecified atom stereocenters. The van der Waals surface area contributed by atoms with Gasteiger partial charge in [0.2, 0.25) is 5.91 Å². The highest BCUT2D eigenvalue weighted by Crippen LogP contribution is 2.29. The first kappa shape index (κ1) is 25.1. The third kappa shape index (κ3) is 7.46. The number of carbonyl (C=O) groups excluding carboxylic acids is 2. The summed E-state index contributed by atoms with van der Waals surface area (Å²) in [6.07, 6.45) is 10.4. The van der Waals surface area contributed by atoms with Gasteiger partial charge >= 0.3 is 6.16 Å². The summed E-state index contributed by atoms with van der Waals surface area (Å²) < 4.78 is 15.6. The Bertz CT molecular complexity index is 1050. The number of aromatic nitrogens is 1. The second-order valence-corrected chi connectivity index (χ2v) is 7.58. The molecule has 2 rings (SSSR count). The van der Waals surface area contributed by atoms with Gasteiger partial charge in [-0.2, -0.15) is 0 Å². The van der Waals surface area contributed by atoms with Gasteiger partial charge in [-0.15, -0.1) is 0 Å². The molecule has 0 saturated heterocycles. The molecule has 0 saturated carbocycles. The van der Waals surface area contributed by atoms with E-state index in [1.807, 2.05) is 12.2 Å². The minimum Gasteiger partial charge on any atom is -0.448 e. The minimum atomic E-state index is -1.23. The normalized spacial score (nSPS) is 13.2. The van der Waals surface area contributed by atoms with Crippen molar-refractivity contribution in [3.63, 3.8) is 0 Å². The number of rotatable bonds is 10. The Morgan fingerprint density at radius 1 is 1.24 bits per heavy atom. The Labute approximate surface area is 190 Å². The monoisotopic (exact) mass is 455 g/mol. The number of hydrogen-bond donors (Lipinski definition) is 1. The Hall–Kier alpha value is -4.21. The molecule has 1 aromatic heterocycles. The molecule has 0 fully saturated rings. The SMILES string of the molecule is C/C(=C/C=C\C=C\Cc1cnco1)[C@@H](OC(=O)Oc1ccc([N+](=O)[O-])cc1)C(C)(C)C(N)=O. The summed E-state index contributed by atoms with van der Waals surface area (Å²) in [4.78, 5) is 38.3. The van der Waals surface area contributed by atoms with E-state index in [-0.39, 0.29) is 11.4 Å². The van der Waals surface area contributed by atoms with Crippen LogP contribution in [0.15, 0.2) is 77.2 Å². The molecule has 10 nitrogen and oxygen atoms in total. The van der Waals surface area contributed by atoms with Gasteiger partial charge in [-0.25, -0.2) is 9.78 Å². The first-order chi connectivity index (χ1) is 15.6. The van der Waals surface area contributed by atoms with Crippen LogP contribution in [0.3, 0.4) is 0 Å². The molecule has 0 spiro atoms. The van der Waals surface area contributed by atoms with Crippen molar-refractivity contribution in [3.8, 4) is 5.75 Å². The lowest BCUT2D eigenvalue weighted by atomic mass is 9.82. The standard InChI is InChI=1S/C23H25N3O7/c1-16(8-6-4-5-7-9-19-14-25-15-31-19)20(23(2,3)21(24)27)33-22(28)32-18-12-10-17(11-13-18)26(29)30/h4-8,10-15,20H,9H2,1-3H3,(H2,24,27)/b6-4-,7-5+,16-8-/t20-/m1/s1. The first-order valence-electron chi connectivity index (χ1n) is 9.91. The number of carbonyl (C=O) groups is 2. The molecule has 2 N–H and O–H groups in total. The average molecular weight is 455 g/mol. The van der Waals surface area contributed by atoms with Crippen LogP contribution in [0.4, 0.5) is 10.5 Å². The van der Waals surface area contributed by atoms with Gasteiger partial charge in [0, 0.05) is 18.6 Å². The quantitative estimate of drug-likeness (QED) is 0.183. The average Bonchev–Trinajstić information content (AvgIpc) is 3.28. The molecule has 1 heterocycles. The van der Waals surface area contributed by atoms with E-state index < -0.39 is 28.5 Å².